The molecule has 0 amide bonds. The maximum Gasteiger partial charge on any atom is 0.183 e. The van der Waals surface area contributed by atoms with E-state index in [4.69, 9.17) is 17.0 Å². The average molecular weight is 329 g/mol. The Kier molecular flexibility index (Phi) is 4.17. The fourth-order valence-corrected chi connectivity index (χ4v) is 2.84. The summed E-state index contributed by atoms with van der Waals surface area (Å²) in [6.45, 7) is 0.501. The second-order valence-corrected chi connectivity index (χ2v) is 5.78. The average Bonchev–Trinajstić information content (AvgIpc) is 3.22. The number of H-pyrrole nitrogens is 1. The van der Waals surface area contributed by atoms with Crippen LogP contribution in [0.1, 0.15) is 9.75 Å². The molecule has 0 fully saturated rings. The number of nitrogens with zero attached hydrogens (tertiary/aromatic N) is 3. The molecule has 3 aromatic heterocycles. The van der Waals surface area contributed by atoms with Gasteiger partial charge in [0.1, 0.15) is 0 Å². The molecule has 23 heavy (non-hydrogen) atoms. The summed E-state index contributed by atoms with van der Waals surface area (Å²) in [5.74, 6) is 6.44. The number of thiophene rings is 1. The summed E-state index contributed by atoms with van der Waals surface area (Å²) in [5.41, 5.74) is 10.4. The highest BCUT2D eigenvalue weighted by Gasteiger charge is 2.10. The van der Waals surface area contributed by atoms with E-state index in [2.05, 4.69) is 30.9 Å². The van der Waals surface area contributed by atoms with Gasteiger partial charge in [-0.15, -0.1) is 11.3 Å². The molecule has 118 valence electrons. The number of anilines is 3. The maximum absolute atomic E-state index is 7.29. The van der Waals surface area contributed by atoms with E-state index in [0.717, 1.165) is 15.3 Å². The standard InChI is InChI=1S/C13H15N9S/c14-2-11-9(15)1-8(23-11)5-17-12-13(22-16)18-6-10(21-12)7-3-19-20-4-7/h1-4,6,14H,5,15-16H2,(H,17,21)(H,18,22)(H,19,20). The van der Waals surface area contributed by atoms with E-state index < -0.39 is 0 Å². The van der Waals surface area contributed by atoms with Crippen LogP contribution in [-0.2, 0) is 6.54 Å². The summed E-state index contributed by atoms with van der Waals surface area (Å²) < 4.78 is 0. The van der Waals surface area contributed by atoms with Crippen LogP contribution < -0.4 is 22.3 Å². The van der Waals surface area contributed by atoms with Crippen LogP contribution in [0, 0.1) is 5.41 Å². The Balaban J connectivity index is 1.82. The fraction of sp³-hybridized carbons (Fsp3) is 0.0769. The van der Waals surface area contributed by atoms with E-state index in [9.17, 15) is 0 Å². The lowest BCUT2D eigenvalue weighted by Gasteiger charge is -2.10. The van der Waals surface area contributed by atoms with Crippen molar-refractivity contribution in [3.63, 3.8) is 0 Å². The third kappa shape index (κ3) is 3.12. The van der Waals surface area contributed by atoms with Gasteiger partial charge in [-0.05, 0) is 6.07 Å². The van der Waals surface area contributed by atoms with Crippen LogP contribution >= 0.6 is 11.3 Å². The van der Waals surface area contributed by atoms with Gasteiger partial charge < -0.3 is 21.9 Å². The molecule has 3 heterocycles. The molecule has 8 N–H and O–H groups in total. The Morgan fingerprint density at radius 1 is 1.35 bits per heavy atom. The second kappa shape index (κ2) is 6.42. The van der Waals surface area contributed by atoms with Crippen molar-refractivity contribution < 1.29 is 0 Å². The van der Waals surface area contributed by atoms with Gasteiger partial charge >= 0.3 is 0 Å². The number of nitrogen functional groups attached to an aromatic ring is 2. The minimum absolute atomic E-state index is 0.439. The van der Waals surface area contributed by atoms with E-state index >= 15 is 0 Å². The topological polar surface area (TPSA) is 154 Å². The molecule has 0 radical (unpaired) electrons. The number of hydrogen-bond acceptors (Lipinski definition) is 9. The molecule has 9 nitrogen and oxygen atoms in total. The third-order valence-electron chi connectivity index (χ3n) is 3.11. The molecule has 0 bridgehead atoms. The van der Waals surface area contributed by atoms with Crippen molar-refractivity contribution >= 4 is 34.9 Å². The normalized spacial score (nSPS) is 10.5. The summed E-state index contributed by atoms with van der Waals surface area (Å²) in [6, 6.07) is 1.83. The van der Waals surface area contributed by atoms with Crippen LogP contribution in [0.5, 0.6) is 0 Å². The van der Waals surface area contributed by atoms with Gasteiger partial charge in [0.05, 0.1) is 35.2 Å². The van der Waals surface area contributed by atoms with Gasteiger partial charge in [0.2, 0.25) is 0 Å². The lowest BCUT2D eigenvalue weighted by molar-refractivity contribution is 1.09. The van der Waals surface area contributed by atoms with Crippen molar-refractivity contribution in [2.24, 2.45) is 5.84 Å². The number of hydrogen-bond donors (Lipinski definition) is 6. The molecule has 0 spiro atoms. The zero-order chi connectivity index (χ0) is 16.2. The lowest BCUT2D eigenvalue weighted by Crippen LogP contribution is -2.13. The van der Waals surface area contributed by atoms with Crippen LogP contribution in [0.15, 0.2) is 24.7 Å². The zero-order valence-electron chi connectivity index (χ0n) is 12.0. The van der Waals surface area contributed by atoms with Crippen molar-refractivity contribution in [1.29, 1.82) is 5.41 Å². The highest BCUT2D eigenvalue weighted by molar-refractivity contribution is 7.14. The molecule has 3 aromatic rings. The van der Waals surface area contributed by atoms with Crippen LogP contribution in [0.2, 0.25) is 0 Å². The van der Waals surface area contributed by atoms with E-state index in [1.54, 1.807) is 18.6 Å². The van der Waals surface area contributed by atoms with E-state index in [1.165, 1.54) is 17.6 Å². The van der Waals surface area contributed by atoms with Gasteiger partial charge in [-0.3, -0.25) is 5.10 Å². The SMILES string of the molecule is N=Cc1sc(CNc2nc(-c3cn[nH]c3)cnc2NN)cc1N. The number of nitrogens with two attached hydrogens (primary N) is 2. The third-order valence-corrected chi connectivity index (χ3v) is 4.20. The van der Waals surface area contributed by atoms with E-state index in [0.29, 0.717) is 29.6 Å². The van der Waals surface area contributed by atoms with Gasteiger partial charge in [0.25, 0.3) is 0 Å². The van der Waals surface area contributed by atoms with Gasteiger partial charge in [-0.2, -0.15) is 5.10 Å². The summed E-state index contributed by atoms with van der Waals surface area (Å²) in [7, 11) is 0. The largest absolute Gasteiger partial charge is 0.398 e. The second-order valence-electron chi connectivity index (χ2n) is 4.61. The molecule has 0 saturated carbocycles. The Bertz CT molecular complexity index is 809. The predicted molar refractivity (Wildman–Crippen MR) is 91.4 cm³/mol. The quantitative estimate of drug-likeness (QED) is 0.227. The monoisotopic (exact) mass is 329 g/mol. The van der Waals surface area contributed by atoms with Crippen LogP contribution in [0.3, 0.4) is 0 Å². The number of hydrazine groups is 1. The summed E-state index contributed by atoms with van der Waals surface area (Å²) in [4.78, 5) is 10.5. The Morgan fingerprint density at radius 2 is 2.22 bits per heavy atom. The number of aromatic nitrogens is 4. The minimum Gasteiger partial charge on any atom is -0.398 e. The van der Waals surface area contributed by atoms with Gasteiger partial charge in [0.15, 0.2) is 11.6 Å². The van der Waals surface area contributed by atoms with E-state index in [-0.39, 0.29) is 0 Å². The van der Waals surface area contributed by atoms with Gasteiger partial charge in [-0.1, -0.05) is 0 Å². The molecule has 0 saturated heterocycles. The fourth-order valence-electron chi connectivity index (χ4n) is 1.99. The van der Waals surface area contributed by atoms with Crippen molar-refractivity contribution in [2.75, 3.05) is 16.5 Å². The number of rotatable bonds is 6. The molecule has 0 aliphatic rings. The smallest absolute Gasteiger partial charge is 0.183 e. The highest BCUT2D eigenvalue weighted by Crippen LogP contribution is 2.25. The minimum atomic E-state index is 0.439. The molecule has 0 aromatic carbocycles. The molecule has 0 aliphatic carbocycles. The Hall–Kier alpha value is -2.98. The molecule has 0 unspecified atom stereocenters. The molecule has 3 rings (SSSR count). The first-order chi connectivity index (χ1) is 11.2. The first-order valence-electron chi connectivity index (χ1n) is 6.66. The lowest BCUT2D eigenvalue weighted by atomic mass is 10.3. The highest BCUT2D eigenvalue weighted by atomic mass is 32.1. The number of nitrogens with one attached hydrogen (secondary N) is 4. The van der Waals surface area contributed by atoms with E-state index in [1.807, 2.05) is 6.07 Å². The van der Waals surface area contributed by atoms with Gasteiger partial charge in [-0.25, -0.2) is 15.8 Å². The van der Waals surface area contributed by atoms with Crippen LogP contribution in [0.25, 0.3) is 11.3 Å². The molecule has 10 heteroatoms. The van der Waals surface area contributed by atoms with Crippen LogP contribution in [-0.4, -0.2) is 26.4 Å². The predicted octanol–water partition coefficient (Wildman–Crippen LogP) is 1.41. The first-order valence-corrected chi connectivity index (χ1v) is 7.48. The van der Waals surface area contributed by atoms with Crippen molar-refractivity contribution in [2.45, 2.75) is 6.54 Å². The molecule has 0 atom stereocenters. The van der Waals surface area contributed by atoms with Crippen molar-refractivity contribution in [3.05, 3.63) is 34.4 Å². The summed E-state index contributed by atoms with van der Waals surface area (Å²) in [5, 5.41) is 17.1. The maximum atomic E-state index is 7.29. The molecular formula is C13H15N9S. The van der Waals surface area contributed by atoms with Crippen molar-refractivity contribution in [3.8, 4) is 11.3 Å². The van der Waals surface area contributed by atoms with Crippen LogP contribution in [0.4, 0.5) is 17.3 Å². The Morgan fingerprint density at radius 3 is 2.87 bits per heavy atom. The molecule has 0 aliphatic heterocycles. The number of aromatic amines is 1. The first kappa shape index (κ1) is 14.9. The zero-order valence-corrected chi connectivity index (χ0v) is 12.8. The van der Waals surface area contributed by atoms with Crippen molar-refractivity contribution in [1.82, 2.24) is 20.2 Å². The molecular weight excluding hydrogens is 314 g/mol. The summed E-state index contributed by atoms with van der Waals surface area (Å²) in [6.07, 6.45) is 6.26. The summed E-state index contributed by atoms with van der Waals surface area (Å²) >= 11 is 1.45. The van der Waals surface area contributed by atoms with Gasteiger partial charge in [0, 0.05) is 22.9 Å². The Labute approximate surface area is 135 Å².